The van der Waals surface area contributed by atoms with Gasteiger partial charge in [0.2, 0.25) is 21.8 Å². The molecule has 9 heteroatoms. The number of nitrogens with one attached hydrogen (secondary N) is 1. The molecule has 3 rings (SSSR count). The maximum atomic E-state index is 13.9. The fraction of sp³-hybridized carbons (Fsp3) is 0.310. The zero-order chi connectivity index (χ0) is 27.7. The molecule has 0 saturated heterocycles. The molecule has 1 N–H and O–H groups in total. The van der Waals surface area contributed by atoms with Crippen LogP contribution in [0.5, 0.6) is 0 Å². The van der Waals surface area contributed by atoms with Gasteiger partial charge in [0.1, 0.15) is 12.6 Å². The molecule has 1 atom stereocenters. The Labute approximate surface area is 230 Å². The molecule has 0 radical (unpaired) electrons. The summed E-state index contributed by atoms with van der Waals surface area (Å²) in [4.78, 5) is 28.8. The van der Waals surface area contributed by atoms with Crippen molar-refractivity contribution in [3.05, 3.63) is 101 Å². The van der Waals surface area contributed by atoms with E-state index in [1.165, 1.54) is 11.0 Å². The second kappa shape index (κ2) is 13.4. The van der Waals surface area contributed by atoms with Crippen LogP contribution in [-0.2, 0) is 32.6 Å². The van der Waals surface area contributed by atoms with Crippen molar-refractivity contribution in [1.29, 1.82) is 0 Å². The molecule has 0 fully saturated rings. The molecule has 0 aromatic heterocycles. The lowest BCUT2D eigenvalue weighted by Gasteiger charge is -2.33. The average molecular weight is 556 g/mol. The van der Waals surface area contributed by atoms with Crippen molar-refractivity contribution in [2.24, 2.45) is 0 Å². The van der Waals surface area contributed by atoms with Crippen molar-refractivity contribution >= 4 is 39.1 Å². The van der Waals surface area contributed by atoms with E-state index in [0.29, 0.717) is 11.6 Å². The Bertz CT molecular complexity index is 1330. The Morgan fingerprint density at radius 3 is 2.11 bits per heavy atom. The highest BCUT2D eigenvalue weighted by Gasteiger charge is 2.33. The molecule has 3 aromatic carbocycles. The highest BCUT2D eigenvalue weighted by Crippen LogP contribution is 2.25. The van der Waals surface area contributed by atoms with E-state index in [-0.39, 0.29) is 24.6 Å². The number of carbonyl (C=O) groups excluding carboxylic acids is 2. The minimum atomic E-state index is -3.84. The first-order valence-corrected chi connectivity index (χ1v) is 14.7. The molecule has 0 heterocycles. The molecule has 202 valence electrons. The maximum absolute atomic E-state index is 13.9. The monoisotopic (exact) mass is 555 g/mol. The number of rotatable bonds is 12. The zero-order valence-corrected chi connectivity index (χ0v) is 23.5. The summed E-state index contributed by atoms with van der Waals surface area (Å²) in [5.41, 5.74) is 2.79. The second-order valence-corrected chi connectivity index (χ2v) is 11.5. The van der Waals surface area contributed by atoms with Gasteiger partial charge >= 0.3 is 0 Å². The van der Waals surface area contributed by atoms with E-state index in [2.05, 4.69) is 5.32 Å². The number of sulfonamides is 1. The number of halogens is 1. The third-order valence-corrected chi connectivity index (χ3v) is 7.69. The predicted octanol–water partition coefficient (Wildman–Crippen LogP) is 4.58. The number of anilines is 1. The van der Waals surface area contributed by atoms with Crippen molar-refractivity contribution in [3.8, 4) is 0 Å². The molecule has 3 aromatic rings. The van der Waals surface area contributed by atoms with Gasteiger partial charge < -0.3 is 10.2 Å². The highest BCUT2D eigenvalue weighted by atomic mass is 35.5. The van der Waals surface area contributed by atoms with E-state index >= 15 is 0 Å². The average Bonchev–Trinajstić information content (AvgIpc) is 2.90. The van der Waals surface area contributed by atoms with Crippen LogP contribution >= 0.6 is 11.6 Å². The summed E-state index contributed by atoms with van der Waals surface area (Å²) in [5, 5.41) is 3.31. The van der Waals surface area contributed by atoms with Crippen LogP contribution in [0.3, 0.4) is 0 Å². The number of hydrogen-bond acceptors (Lipinski definition) is 4. The van der Waals surface area contributed by atoms with Gasteiger partial charge in [-0.15, -0.1) is 0 Å². The van der Waals surface area contributed by atoms with Crippen molar-refractivity contribution in [3.63, 3.8) is 0 Å². The van der Waals surface area contributed by atoms with Crippen molar-refractivity contribution < 1.29 is 18.0 Å². The van der Waals surface area contributed by atoms with Gasteiger partial charge in [0, 0.05) is 24.5 Å². The van der Waals surface area contributed by atoms with Gasteiger partial charge in [-0.1, -0.05) is 85.3 Å². The van der Waals surface area contributed by atoms with Gasteiger partial charge in [0.05, 0.1) is 11.9 Å². The number of benzene rings is 3. The molecule has 0 saturated carbocycles. The van der Waals surface area contributed by atoms with Crippen LogP contribution < -0.4 is 9.62 Å². The van der Waals surface area contributed by atoms with Gasteiger partial charge in [-0.3, -0.25) is 13.9 Å². The quantitative estimate of drug-likeness (QED) is 0.354. The maximum Gasteiger partial charge on any atom is 0.244 e. The zero-order valence-electron chi connectivity index (χ0n) is 21.9. The van der Waals surface area contributed by atoms with Gasteiger partial charge in [-0.25, -0.2) is 8.42 Å². The van der Waals surface area contributed by atoms with E-state index < -0.39 is 28.5 Å². The molecule has 0 aliphatic heterocycles. The molecule has 2 amide bonds. The molecule has 0 bridgehead atoms. The molecule has 0 aliphatic rings. The Hall–Kier alpha value is -3.36. The fourth-order valence-corrected chi connectivity index (χ4v) is 5.07. The molecule has 0 spiro atoms. The summed E-state index contributed by atoms with van der Waals surface area (Å²) >= 11 is 6.28. The van der Waals surface area contributed by atoms with Gasteiger partial charge in [0.25, 0.3) is 0 Å². The SMILES string of the molecule is CCCNC(=O)[C@H](Cc1ccccc1)N(Cc1ccccc1)C(=O)CN(c1ccc(C)c(Cl)c1)S(C)(=O)=O. The molecular weight excluding hydrogens is 522 g/mol. The van der Waals surface area contributed by atoms with Gasteiger partial charge in [-0.05, 0) is 42.2 Å². The summed E-state index contributed by atoms with van der Waals surface area (Å²) in [7, 11) is -3.84. The van der Waals surface area contributed by atoms with Crippen molar-refractivity contribution in [2.75, 3.05) is 23.7 Å². The Kier molecular flexibility index (Phi) is 10.3. The van der Waals surface area contributed by atoms with Crippen LogP contribution in [0.15, 0.2) is 78.9 Å². The van der Waals surface area contributed by atoms with Crippen molar-refractivity contribution in [2.45, 2.75) is 39.3 Å². The van der Waals surface area contributed by atoms with Gasteiger partial charge in [-0.2, -0.15) is 0 Å². The summed E-state index contributed by atoms with van der Waals surface area (Å²) in [6.07, 6.45) is 2.07. The van der Waals surface area contributed by atoms with E-state index in [4.69, 9.17) is 11.6 Å². The lowest BCUT2D eigenvalue weighted by molar-refractivity contribution is -0.140. The highest BCUT2D eigenvalue weighted by molar-refractivity contribution is 7.92. The van der Waals surface area contributed by atoms with Crippen LogP contribution in [0.25, 0.3) is 0 Å². The lowest BCUT2D eigenvalue weighted by Crippen LogP contribution is -2.53. The minimum absolute atomic E-state index is 0.142. The molecule has 0 unspecified atom stereocenters. The normalized spacial score (nSPS) is 12.0. The first-order chi connectivity index (χ1) is 18.1. The Morgan fingerprint density at radius 2 is 1.55 bits per heavy atom. The van der Waals surface area contributed by atoms with Crippen LogP contribution in [-0.4, -0.2) is 50.5 Å². The number of amides is 2. The Balaban J connectivity index is 2.03. The summed E-state index contributed by atoms with van der Waals surface area (Å²) < 4.78 is 26.7. The second-order valence-electron chi connectivity index (χ2n) is 9.21. The number of nitrogens with zero attached hydrogens (tertiary/aromatic N) is 2. The summed E-state index contributed by atoms with van der Waals surface area (Å²) in [6.45, 7) is 3.90. The molecule has 0 aliphatic carbocycles. The van der Waals surface area contributed by atoms with E-state index in [1.54, 1.807) is 12.1 Å². The fourth-order valence-electron chi connectivity index (χ4n) is 4.05. The van der Waals surface area contributed by atoms with Crippen LogP contribution in [0.1, 0.15) is 30.0 Å². The molecular formula is C29H34ClN3O4S. The number of aryl methyl sites for hydroxylation is 1. The molecule has 38 heavy (non-hydrogen) atoms. The predicted molar refractivity (Wildman–Crippen MR) is 153 cm³/mol. The largest absolute Gasteiger partial charge is 0.354 e. The first-order valence-electron chi connectivity index (χ1n) is 12.5. The number of carbonyl (C=O) groups is 2. The smallest absolute Gasteiger partial charge is 0.244 e. The topological polar surface area (TPSA) is 86.8 Å². The van der Waals surface area contributed by atoms with Crippen LogP contribution in [0.2, 0.25) is 5.02 Å². The van der Waals surface area contributed by atoms with Crippen LogP contribution in [0.4, 0.5) is 5.69 Å². The number of hydrogen-bond donors (Lipinski definition) is 1. The summed E-state index contributed by atoms with van der Waals surface area (Å²) in [6, 6.07) is 22.8. The van der Waals surface area contributed by atoms with E-state index in [1.807, 2.05) is 74.5 Å². The Morgan fingerprint density at radius 1 is 0.947 bits per heavy atom. The third kappa shape index (κ3) is 8.07. The van der Waals surface area contributed by atoms with Crippen LogP contribution in [0, 0.1) is 6.92 Å². The summed E-state index contributed by atoms with van der Waals surface area (Å²) in [5.74, 6) is -0.784. The molecule has 7 nitrogen and oxygen atoms in total. The first kappa shape index (κ1) is 29.2. The minimum Gasteiger partial charge on any atom is -0.354 e. The van der Waals surface area contributed by atoms with Gasteiger partial charge in [0.15, 0.2) is 0 Å². The standard InChI is InChI=1S/C29H34ClN3O4S/c1-4-17-31-29(35)27(18-23-11-7-5-8-12-23)32(20-24-13-9-6-10-14-24)28(34)21-33(38(3,36)37)25-16-15-22(2)26(30)19-25/h5-16,19,27H,4,17-18,20-21H2,1-3H3,(H,31,35)/t27-/m0/s1. The third-order valence-electron chi connectivity index (χ3n) is 6.14. The van der Waals surface area contributed by atoms with E-state index in [0.717, 1.165) is 33.7 Å². The lowest BCUT2D eigenvalue weighted by atomic mass is 10.0. The van der Waals surface area contributed by atoms with E-state index in [9.17, 15) is 18.0 Å². The van der Waals surface area contributed by atoms with Crippen molar-refractivity contribution in [1.82, 2.24) is 10.2 Å².